The van der Waals surface area contributed by atoms with Crippen LogP contribution in [0.15, 0.2) is 36.4 Å². The lowest BCUT2D eigenvalue weighted by Gasteiger charge is -2.27. The van der Waals surface area contributed by atoms with Crippen molar-refractivity contribution < 1.29 is 14.4 Å². The zero-order valence-electron chi connectivity index (χ0n) is 19.5. The van der Waals surface area contributed by atoms with Crippen LogP contribution < -0.4 is 20.9 Å². The van der Waals surface area contributed by atoms with Gasteiger partial charge in [0.2, 0.25) is 5.91 Å². The van der Waals surface area contributed by atoms with Gasteiger partial charge < -0.3 is 20.9 Å². The summed E-state index contributed by atoms with van der Waals surface area (Å²) in [4.78, 5) is 38.8. The van der Waals surface area contributed by atoms with E-state index in [1.807, 2.05) is 26.8 Å². The fourth-order valence-corrected chi connectivity index (χ4v) is 3.31. The maximum Gasteiger partial charge on any atom is 0.271 e. The van der Waals surface area contributed by atoms with Gasteiger partial charge in [-0.3, -0.25) is 14.4 Å². The molecule has 0 saturated carbocycles. The summed E-state index contributed by atoms with van der Waals surface area (Å²) >= 11 is 0. The highest BCUT2D eigenvalue weighted by molar-refractivity contribution is 5.97. The van der Waals surface area contributed by atoms with Crippen molar-refractivity contribution >= 4 is 29.2 Å². The predicted octanol–water partition coefficient (Wildman–Crippen LogP) is 2.61. The van der Waals surface area contributed by atoms with E-state index >= 15 is 0 Å². The van der Waals surface area contributed by atoms with Gasteiger partial charge in [0.1, 0.15) is 0 Å². The van der Waals surface area contributed by atoms with Crippen LogP contribution in [0.4, 0.5) is 11.5 Å². The number of nitrogens with one attached hydrogen (secondary N) is 3. The number of piperidine rings is 1. The summed E-state index contributed by atoms with van der Waals surface area (Å²) in [7, 11) is 0. The summed E-state index contributed by atoms with van der Waals surface area (Å²) in [6.07, 6.45) is 3.53. The Labute approximate surface area is 194 Å². The van der Waals surface area contributed by atoms with Gasteiger partial charge in [0, 0.05) is 42.8 Å². The maximum atomic E-state index is 12.3. The monoisotopic (exact) mass is 452 g/mol. The summed E-state index contributed by atoms with van der Waals surface area (Å²) in [5.74, 6) is 0.105. The number of anilines is 2. The highest BCUT2D eigenvalue weighted by atomic mass is 16.2. The smallest absolute Gasteiger partial charge is 0.271 e. The van der Waals surface area contributed by atoms with Crippen LogP contribution in [0.25, 0.3) is 0 Å². The minimum Gasteiger partial charge on any atom is -0.355 e. The second-order valence-electron chi connectivity index (χ2n) is 9.12. The Morgan fingerprint density at radius 3 is 2.06 bits per heavy atom. The molecule has 9 heteroatoms. The Balaban J connectivity index is 1.40. The van der Waals surface area contributed by atoms with E-state index in [2.05, 4.69) is 31.0 Å². The minimum absolute atomic E-state index is 0.0960. The molecule has 3 amide bonds. The molecule has 1 aliphatic heterocycles. The molecular weight excluding hydrogens is 420 g/mol. The molecule has 3 N–H and O–H groups in total. The lowest BCUT2D eigenvalue weighted by molar-refractivity contribution is -0.123. The Morgan fingerprint density at radius 1 is 0.848 bits per heavy atom. The Kier molecular flexibility index (Phi) is 7.97. The van der Waals surface area contributed by atoms with Crippen molar-refractivity contribution in [1.29, 1.82) is 0 Å². The molecule has 0 radical (unpaired) electrons. The third kappa shape index (κ3) is 7.00. The lowest BCUT2D eigenvalue weighted by atomic mass is 9.95. The standard InChI is InChI=1S/C24H32N6O3/c1-24(2,3)23(33)27-18-9-7-17(8-10-18)21(31)25-13-14-26-22(32)19-11-12-20(29-28-19)30-15-5-4-6-16-30/h7-12H,4-6,13-16H2,1-3H3,(H,25,31)(H,26,32)(H,27,33). The van der Waals surface area contributed by atoms with Crippen molar-refractivity contribution in [3.05, 3.63) is 47.7 Å². The Morgan fingerprint density at radius 2 is 1.48 bits per heavy atom. The van der Waals surface area contributed by atoms with Crippen molar-refractivity contribution in [3.63, 3.8) is 0 Å². The third-order valence-corrected chi connectivity index (χ3v) is 5.35. The van der Waals surface area contributed by atoms with Gasteiger partial charge in [0.05, 0.1) is 0 Å². The quantitative estimate of drug-likeness (QED) is 0.556. The molecule has 1 saturated heterocycles. The van der Waals surface area contributed by atoms with Crippen LogP contribution in [-0.4, -0.2) is 54.1 Å². The van der Waals surface area contributed by atoms with E-state index in [1.54, 1.807) is 30.3 Å². The summed E-state index contributed by atoms with van der Waals surface area (Å²) in [5, 5.41) is 16.5. The average Bonchev–Trinajstić information content (AvgIpc) is 2.82. The first-order valence-electron chi connectivity index (χ1n) is 11.3. The normalized spacial score (nSPS) is 13.8. The topological polar surface area (TPSA) is 116 Å². The van der Waals surface area contributed by atoms with E-state index in [9.17, 15) is 14.4 Å². The molecule has 33 heavy (non-hydrogen) atoms. The molecule has 0 unspecified atom stereocenters. The predicted molar refractivity (Wildman–Crippen MR) is 127 cm³/mol. The van der Waals surface area contributed by atoms with Crippen molar-refractivity contribution in [2.24, 2.45) is 5.41 Å². The summed E-state index contributed by atoms with van der Waals surface area (Å²) in [6.45, 7) is 7.97. The van der Waals surface area contributed by atoms with E-state index < -0.39 is 5.41 Å². The molecule has 9 nitrogen and oxygen atoms in total. The van der Waals surface area contributed by atoms with Gasteiger partial charge in [-0.2, -0.15) is 0 Å². The second-order valence-corrected chi connectivity index (χ2v) is 9.12. The van der Waals surface area contributed by atoms with Crippen LogP contribution in [0, 0.1) is 5.41 Å². The first-order valence-corrected chi connectivity index (χ1v) is 11.3. The molecule has 3 rings (SSSR count). The van der Waals surface area contributed by atoms with Crippen LogP contribution in [-0.2, 0) is 4.79 Å². The van der Waals surface area contributed by atoms with E-state index in [0.717, 1.165) is 31.7 Å². The summed E-state index contributed by atoms with van der Waals surface area (Å²) in [5.41, 5.74) is 0.844. The number of benzene rings is 1. The van der Waals surface area contributed by atoms with E-state index in [-0.39, 0.29) is 36.5 Å². The fourth-order valence-electron chi connectivity index (χ4n) is 3.31. The number of hydrogen-bond donors (Lipinski definition) is 3. The van der Waals surface area contributed by atoms with Gasteiger partial charge in [-0.05, 0) is 55.7 Å². The zero-order chi connectivity index (χ0) is 23.8. The van der Waals surface area contributed by atoms with Crippen molar-refractivity contribution in [2.75, 3.05) is 36.4 Å². The molecule has 2 aromatic rings. The highest BCUT2D eigenvalue weighted by Crippen LogP contribution is 2.18. The minimum atomic E-state index is -0.499. The number of nitrogens with zero attached hydrogens (tertiary/aromatic N) is 3. The second kappa shape index (κ2) is 10.9. The van der Waals surface area contributed by atoms with Crippen LogP contribution in [0.2, 0.25) is 0 Å². The van der Waals surface area contributed by atoms with Crippen molar-refractivity contribution in [2.45, 2.75) is 40.0 Å². The zero-order valence-corrected chi connectivity index (χ0v) is 19.5. The van der Waals surface area contributed by atoms with Crippen molar-refractivity contribution in [1.82, 2.24) is 20.8 Å². The van der Waals surface area contributed by atoms with E-state index in [4.69, 9.17) is 0 Å². The molecule has 1 aromatic heterocycles. The van der Waals surface area contributed by atoms with Crippen LogP contribution in [0.5, 0.6) is 0 Å². The van der Waals surface area contributed by atoms with Crippen LogP contribution in [0.1, 0.15) is 60.9 Å². The number of rotatable bonds is 7. The van der Waals surface area contributed by atoms with E-state index in [1.165, 1.54) is 6.42 Å². The Bertz CT molecular complexity index is 961. The molecular formula is C24H32N6O3. The average molecular weight is 453 g/mol. The molecule has 2 heterocycles. The summed E-state index contributed by atoms with van der Waals surface area (Å²) in [6, 6.07) is 10.2. The largest absolute Gasteiger partial charge is 0.355 e. The molecule has 0 spiro atoms. The molecule has 176 valence electrons. The van der Waals surface area contributed by atoms with Crippen molar-refractivity contribution in [3.8, 4) is 0 Å². The molecule has 0 bridgehead atoms. The first kappa shape index (κ1) is 24.2. The van der Waals surface area contributed by atoms with Gasteiger partial charge in [-0.15, -0.1) is 10.2 Å². The third-order valence-electron chi connectivity index (χ3n) is 5.35. The molecule has 0 aliphatic carbocycles. The number of hydrogen-bond acceptors (Lipinski definition) is 6. The Hall–Kier alpha value is -3.49. The maximum absolute atomic E-state index is 12.3. The van der Waals surface area contributed by atoms with Gasteiger partial charge >= 0.3 is 0 Å². The van der Waals surface area contributed by atoms with E-state index in [0.29, 0.717) is 11.3 Å². The van der Waals surface area contributed by atoms with Gasteiger partial charge in [-0.25, -0.2) is 0 Å². The highest BCUT2D eigenvalue weighted by Gasteiger charge is 2.21. The number of carbonyl (C=O) groups excluding carboxylic acids is 3. The number of amides is 3. The van der Waals surface area contributed by atoms with Gasteiger partial charge in [0.25, 0.3) is 11.8 Å². The SMILES string of the molecule is CC(C)(C)C(=O)Nc1ccc(C(=O)NCCNC(=O)c2ccc(N3CCCCC3)nn2)cc1. The van der Waals surface area contributed by atoms with Crippen LogP contribution >= 0.6 is 0 Å². The van der Waals surface area contributed by atoms with Crippen LogP contribution in [0.3, 0.4) is 0 Å². The molecule has 1 fully saturated rings. The fraction of sp³-hybridized carbons (Fsp3) is 0.458. The molecule has 1 aromatic carbocycles. The number of carbonyl (C=O) groups is 3. The van der Waals surface area contributed by atoms with Gasteiger partial charge in [-0.1, -0.05) is 20.8 Å². The number of aromatic nitrogens is 2. The summed E-state index contributed by atoms with van der Waals surface area (Å²) < 4.78 is 0. The molecule has 0 atom stereocenters. The first-order chi connectivity index (χ1) is 15.7. The molecule has 1 aliphatic rings. The lowest BCUT2D eigenvalue weighted by Crippen LogP contribution is -2.35. The van der Waals surface area contributed by atoms with Gasteiger partial charge in [0.15, 0.2) is 11.5 Å².